The molecule has 1 rings (SSSR count). The Morgan fingerprint density at radius 1 is 1.25 bits per heavy atom. The fourth-order valence-electron chi connectivity index (χ4n) is 2.26. The van der Waals surface area contributed by atoms with E-state index in [1.165, 1.54) is 6.92 Å². The second-order valence-corrected chi connectivity index (χ2v) is 4.41. The van der Waals surface area contributed by atoms with Gasteiger partial charge in [-0.15, -0.1) is 0 Å². The van der Waals surface area contributed by atoms with E-state index in [9.17, 15) is 14.7 Å². The van der Waals surface area contributed by atoms with Crippen molar-refractivity contribution in [3.8, 4) is 0 Å². The van der Waals surface area contributed by atoms with Gasteiger partial charge in [0.15, 0.2) is 6.04 Å². The van der Waals surface area contributed by atoms with Gasteiger partial charge < -0.3 is 15.5 Å². The lowest BCUT2D eigenvalue weighted by molar-refractivity contribution is -0.146. The van der Waals surface area contributed by atoms with Crippen LogP contribution in [0, 0.1) is 5.92 Å². The zero-order valence-corrected chi connectivity index (χ0v) is 9.48. The Morgan fingerprint density at radius 3 is 2.25 bits per heavy atom. The minimum absolute atomic E-state index is 0.0123. The Morgan fingerprint density at radius 2 is 1.81 bits per heavy atom. The number of carbonyl (C=O) groups excluding carboxylic acids is 1. The molecule has 0 aromatic rings. The summed E-state index contributed by atoms with van der Waals surface area (Å²) in [5.41, 5.74) is 0. The summed E-state index contributed by atoms with van der Waals surface area (Å²) in [6.45, 7) is 1.25. The molecule has 5 heteroatoms. The van der Waals surface area contributed by atoms with Crippen LogP contribution in [0.4, 0.5) is 0 Å². The van der Waals surface area contributed by atoms with Crippen LogP contribution in [0.15, 0.2) is 0 Å². The molecule has 5 nitrogen and oxygen atoms in total. The summed E-state index contributed by atoms with van der Waals surface area (Å²) < 4.78 is 0. The van der Waals surface area contributed by atoms with Crippen LogP contribution < -0.4 is 5.32 Å². The molecule has 0 aliphatic heterocycles. The van der Waals surface area contributed by atoms with E-state index >= 15 is 0 Å². The summed E-state index contributed by atoms with van der Waals surface area (Å²) in [6.07, 6.45) is 3.88. The molecule has 2 atom stereocenters. The Bertz CT molecular complexity index is 261. The van der Waals surface area contributed by atoms with E-state index in [0.29, 0.717) is 0 Å². The zero-order chi connectivity index (χ0) is 12.1. The highest BCUT2D eigenvalue weighted by atomic mass is 16.4. The molecule has 3 N–H and O–H groups in total. The second-order valence-electron chi connectivity index (χ2n) is 4.41. The van der Waals surface area contributed by atoms with Crippen molar-refractivity contribution in [1.29, 1.82) is 0 Å². The highest BCUT2D eigenvalue weighted by Crippen LogP contribution is 2.27. The van der Waals surface area contributed by atoms with Gasteiger partial charge in [0, 0.05) is 6.92 Å². The lowest BCUT2D eigenvalue weighted by Gasteiger charge is -2.30. The van der Waals surface area contributed by atoms with Crippen molar-refractivity contribution < 1.29 is 19.8 Å². The van der Waals surface area contributed by atoms with Crippen molar-refractivity contribution in [2.24, 2.45) is 5.92 Å². The maximum absolute atomic E-state index is 10.9. The third-order valence-corrected chi connectivity index (χ3v) is 3.10. The standard InChI is InChI=1S/C11H19NO4/c1-7(13)12-9(11(15)16)10(14)8-5-3-2-4-6-8/h8-10,14H,2-6H2,1H3,(H,12,13)(H,15,16)/t9-,10-/m1/s1. The molecule has 1 aliphatic rings. The summed E-state index contributed by atoms with van der Waals surface area (Å²) in [4.78, 5) is 21.8. The fraction of sp³-hybridized carbons (Fsp3) is 0.818. The molecule has 0 heterocycles. The van der Waals surface area contributed by atoms with Gasteiger partial charge in [0.2, 0.25) is 5.91 Å². The Kier molecular flexibility index (Phi) is 4.73. The molecule has 1 aliphatic carbocycles. The van der Waals surface area contributed by atoms with Crippen LogP contribution in [0.25, 0.3) is 0 Å². The number of carboxylic acids is 1. The molecule has 0 unspecified atom stereocenters. The summed E-state index contributed by atoms with van der Waals surface area (Å²) in [5, 5.41) is 21.2. The molecule has 0 radical (unpaired) electrons. The Balaban J connectivity index is 2.61. The van der Waals surface area contributed by atoms with Gasteiger partial charge in [-0.25, -0.2) is 4.79 Å². The van der Waals surface area contributed by atoms with E-state index < -0.39 is 24.0 Å². The number of aliphatic hydroxyl groups excluding tert-OH is 1. The summed E-state index contributed by atoms with van der Waals surface area (Å²) in [5.74, 6) is -1.61. The van der Waals surface area contributed by atoms with Crippen LogP contribution in [-0.4, -0.2) is 34.2 Å². The normalized spacial score (nSPS) is 21.1. The first-order valence-electron chi connectivity index (χ1n) is 5.70. The quantitative estimate of drug-likeness (QED) is 0.655. The lowest BCUT2D eigenvalue weighted by Crippen LogP contribution is -2.51. The number of nitrogens with one attached hydrogen (secondary N) is 1. The first-order valence-corrected chi connectivity index (χ1v) is 5.70. The van der Waals surface area contributed by atoms with Crippen LogP contribution in [0.3, 0.4) is 0 Å². The number of amides is 1. The number of hydrogen-bond acceptors (Lipinski definition) is 3. The predicted molar refractivity (Wildman–Crippen MR) is 57.8 cm³/mol. The molecular weight excluding hydrogens is 210 g/mol. The van der Waals surface area contributed by atoms with Gasteiger partial charge >= 0.3 is 5.97 Å². The van der Waals surface area contributed by atoms with E-state index in [1.54, 1.807) is 0 Å². The fourth-order valence-corrected chi connectivity index (χ4v) is 2.26. The second kappa shape index (κ2) is 5.84. The molecule has 0 saturated heterocycles. The molecule has 0 aromatic carbocycles. The minimum Gasteiger partial charge on any atom is -0.480 e. The maximum atomic E-state index is 10.9. The molecular formula is C11H19NO4. The van der Waals surface area contributed by atoms with Gasteiger partial charge in [0.25, 0.3) is 0 Å². The third kappa shape index (κ3) is 3.48. The third-order valence-electron chi connectivity index (χ3n) is 3.10. The zero-order valence-electron chi connectivity index (χ0n) is 9.48. The topological polar surface area (TPSA) is 86.6 Å². The number of rotatable bonds is 4. The van der Waals surface area contributed by atoms with Crippen molar-refractivity contribution in [2.75, 3.05) is 0 Å². The van der Waals surface area contributed by atoms with E-state index in [4.69, 9.17) is 5.11 Å². The van der Waals surface area contributed by atoms with Gasteiger partial charge in [-0.3, -0.25) is 4.79 Å². The molecule has 0 bridgehead atoms. The maximum Gasteiger partial charge on any atom is 0.328 e. The molecule has 1 saturated carbocycles. The number of carboxylic acid groups (broad SMARTS) is 1. The molecule has 0 spiro atoms. The largest absolute Gasteiger partial charge is 0.480 e. The SMILES string of the molecule is CC(=O)N[C@@H](C(=O)O)[C@H](O)C1CCCCC1. The molecule has 92 valence electrons. The monoisotopic (exact) mass is 229 g/mol. The van der Waals surface area contributed by atoms with Crippen LogP contribution in [0.1, 0.15) is 39.0 Å². The average Bonchev–Trinajstić information content (AvgIpc) is 2.25. The smallest absolute Gasteiger partial charge is 0.328 e. The molecule has 0 aromatic heterocycles. The first-order chi connectivity index (χ1) is 7.52. The van der Waals surface area contributed by atoms with Crippen molar-refractivity contribution >= 4 is 11.9 Å². The summed E-state index contributed by atoms with van der Waals surface area (Å²) >= 11 is 0. The average molecular weight is 229 g/mol. The van der Waals surface area contributed by atoms with Crippen molar-refractivity contribution in [2.45, 2.75) is 51.2 Å². The molecule has 16 heavy (non-hydrogen) atoms. The van der Waals surface area contributed by atoms with Gasteiger partial charge in [0.1, 0.15) is 0 Å². The summed E-state index contributed by atoms with van der Waals surface area (Å²) in [7, 11) is 0. The van der Waals surface area contributed by atoms with Gasteiger partial charge in [-0.2, -0.15) is 0 Å². The van der Waals surface area contributed by atoms with Crippen LogP contribution in [-0.2, 0) is 9.59 Å². The lowest BCUT2D eigenvalue weighted by atomic mass is 9.82. The van der Waals surface area contributed by atoms with E-state index in [2.05, 4.69) is 5.32 Å². The highest BCUT2D eigenvalue weighted by Gasteiger charge is 2.33. The van der Waals surface area contributed by atoms with E-state index in [-0.39, 0.29) is 5.92 Å². The molecule has 1 amide bonds. The highest BCUT2D eigenvalue weighted by molar-refractivity contribution is 5.82. The van der Waals surface area contributed by atoms with E-state index in [1.807, 2.05) is 0 Å². The van der Waals surface area contributed by atoms with Crippen molar-refractivity contribution in [1.82, 2.24) is 5.32 Å². The number of aliphatic carboxylic acids is 1. The first kappa shape index (κ1) is 13.0. The number of hydrogen-bond donors (Lipinski definition) is 3. The van der Waals surface area contributed by atoms with Gasteiger partial charge in [-0.05, 0) is 18.8 Å². The Labute approximate surface area is 94.8 Å². The number of aliphatic hydroxyl groups is 1. The van der Waals surface area contributed by atoms with Crippen LogP contribution >= 0.6 is 0 Å². The minimum atomic E-state index is -1.18. The molecule has 1 fully saturated rings. The van der Waals surface area contributed by atoms with E-state index in [0.717, 1.165) is 32.1 Å². The van der Waals surface area contributed by atoms with Crippen LogP contribution in [0.2, 0.25) is 0 Å². The predicted octanol–water partition coefficient (Wildman–Crippen LogP) is 0.517. The van der Waals surface area contributed by atoms with Crippen molar-refractivity contribution in [3.63, 3.8) is 0 Å². The van der Waals surface area contributed by atoms with Gasteiger partial charge in [-0.1, -0.05) is 19.3 Å². The van der Waals surface area contributed by atoms with Crippen molar-refractivity contribution in [3.05, 3.63) is 0 Å². The summed E-state index contributed by atoms with van der Waals surface area (Å²) in [6, 6.07) is -1.18. The number of carbonyl (C=O) groups is 2. The Hall–Kier alpha value is -1.10. The van der Waals surface area contributed by atoms with Gasteiger partial charge in [0.05, 0.1) is 6.10 Å². The van der Waals surface area contributed by atoms with Crippen LogP contribution in [0.5, 0.6) is 0 Å².